The van der Waals surface area contributed by atoms with Crippen LogP contribution in [-0.2, 0) is 14.3 Å². The van der Waals surface area contributed by atoms with E-state index in [1.165, 1.54) is 0 Å². The van der Waals surface area contributed by atoms with E-state index in [0.29, 0.717) is 44.5 Å². The zero-order chi connectivity index (χ0) is 20.5. The topological polar surface area (TPSA) is 73.9 Å². The molecule has 3 aliphatic rings. The van der Waals surface area contributed by atoms with Crippen molar-refractivity contribution in [3.05, 3.63) is 29.5 Å². The number of carbonyl (C=O) groups is 2. The van der Waals surface area contributed by atoms with E-state index < -0.39 is 0 Å². The normalized spacial score (nSPS) is 22.7. The number of carbonyl (C=O) groups excluding carboxylic acids is 2. The number of amides is 2. The minimum Gasteiger partial charge on any atom is -0.384 e. The van der Waals surface area contributed by atoms with Crippen molar-refractivity contribution >= 4 is 28.8 Å². The molecule has 0 saturated carbocycles. The van der Waals surface area contributed by atoms with Crippen LogP contribution in [0.25, 0.3) is 5.57 Å². The van der Waals surface area contributed by atoms with E-state index in [2.05, 4.69) is 30.5 Å². The number of nitrogens with one attached hydrogen (secondary N) is 2. The second-order valence-electron chi connectivity index (χ2n) is 8.27. The van der Waals surface area contributed by atoms with Crippen molar-refractivity contribution in [1.29, 1.82) is 0 Å². The molecule has 4 rings (SSSR count). The van der Waals surface area contributed by atoms with E-state index in [1.54, 1.807) is 11.8 Å². The number of ether oxygens (including phenoxy) is 1. The van der Waals surface area contributed by atoms with Gasteiger partial charge in [0.2, 0.25) is 5.91 Å². The zero-order valence-electron chi connectivity index (χ0n) is 17.5. The van der Waals surface area contributed by atoms with E-state index in [1.807, 2.05) is 17.0 Å². The molecule has 2 saturated heterocycles. The Morgan fingerprint density at radius 2 is 2.03 bits per heavy atom. The maximum atomic E-state index is 13.6. The van der Waals surface area contributed by atoms with E-state index in [-0.39, 0.29) is 17.9 Å². The maximum Gasteiger partial charge on any atom is 0.261 e. The first kappa shape index (κ1) is 19.8. The van der Waals surface area contributed by atoms with Gasteiger partial charge in [0.15, 0.2) is 0 Å². The van der Waals surface area contributed by atoms with Crippen LogP contribution in [0.3, 0.4) is 0 Å². The summed E-state index contributed by atoms with van der Waals surface area (Å²) >= 11 is 0. The summed E-state index contributed by atoms with van der Waals surface area (Å²) in [5.41, 5.74) is 4.44. The fraction of sp³-hybridized carbons (Fsp3) is 0.545. The lowest BCUT2D eigenvalue weighted by molar-refractivity contribution is -0.129. The van der Waals surface area contributed by atoms with Gasteiger partial charge in [0.1, 0.15) is 0 Å². The highest BCUT2D eigenvalue weighted by atomic mass is 16.5. The highest BCUT2D eigenvalue weighted by molar-refractivity contribution is 6.33. The first-order valence-corrected chi connectivity index (χ1v) is 10.5. The minimum atomic E-state index is 0.0292. The van der Waals surface area contributed by atoms with Crippen molar-refractivity contribution in [2.45, 2.75) is 45.7 Å². The highest BCUT2D eigenvalue weighted by Crippen LogP contribution is 2.42. The average Bonchev–Trinajstić information content (AvgIpc) is 2.99. The smallest absolute Gasteiger partial charge is 0.261 e. The van der Waals surface area contributed by atoms with Crippen LogP contribution in [0.1, 0.15) is 39.2 Å². The standard InChI is InChI=1S/C22H30N4O3/c1-14(2)24-16-4-5-20-18(12-16)21(19-13-25(15(3)27)9-8-23-19)22(28)26(20)17-6-10-29-11-7-17/h4-5,12,14,17,23-24H,6-11,13H2,1-3H3/b21-19-. The Morgan fingerprint density at radius 3 is 2.72 bits per heavy atom. The Morgan fingerprint density at radius 1 is 1.28 bits per heavy atom. The molecule has 0 radical (unpaired) electrons. The molecule has 0 unspecified atom stereocenters. The first-order valence-electron chi connectivity index (χ1n) is 10.5. The third-order valence-corrected chi connectivity index (χ3v) is 5.79. The molecule has 3 heterocycles. The summed E-state index contributed by atoms with van der Waals surface area (Å²) in [4.78, 5) is 29.3. The summed E-state index contributed by atoms with van der Waals surface area (Å²) in [7, 11) is 0. The van der Waals surface area contributed by atoms with Gasteiger partial charge in [-0.25, -0.2) is 0 Å². The molecule has 0 spiro atoms. The number of nitrogens with zero attached hydrogens (tertiary/aromatic N) is 2. The predicted molar refractivity (Wildman–Crippen MR) is 114 cm³/mol. The molecule has 2 amide bonds. The Kier molecular flexibility index (Phi) is 5.50. The number of rotatable bonds is 3. The van der Waals surface area contributed by atoms with Crippen molar-refractivity contribution < 1.29 is 14.3 Å². The summed E-state index contributed by atoms with van der Waals surface area (Å²) < 4.78 is 5.51. The molecule has 156 valence electrons. The van der Waals surface area contributed by atoms with Gasteiger partial charge in [-0.2, -0.15) is 0 Å². The van der Waals surface area contributed by atoms with Gasteiger partial charge in [-0.1, -0.05) is 0 Å². The molecular formula is C22H30N4O3. The van der Waals surface area contributed by atoms with Crippen LogP contribution in [-0.4, -0.2) is 61.6 Å². The molecule has 0 bridgehead atoms. The first-order chi connectivity index (χ1) is 14.0. The van der Waals surface area contributed by atoms with Crippen molar-refractivity contribution in [3.63, 3.8) is 0 Å². The van der Waals surface area contributed by atoms with Crippen molar-refractivity contribution in [2.24, 2.45) is 0 Å². The fourth-order valence-corrected chi connectivity index (χ4v) is 4.42. The second-order valence-corrected chi connectivity index (χ2v) is 8.27. The number of fused-ring (bicyclic) bond motifs is 1. The van der Waals surface area contributed by atoms with Gasteiger partial charge in [0.25, 0.3) is 5.91 Å². The van der Waals surface area contributed by atoms with Crippen LogP contribution in [0.2, 0.25) is 0 Å². The molecule has 0 aromatic heterocycles. The van der Waals surface area contributed by atoms with Crippen molar-refractivity contribution in [1.82, 2.24) is 10.2 Å². The van der Waals surface area contributed by atoms with Crippen LogP contribution in [0.15, 0.2) is 23.9 Å². The van der Waals surface area contributed by atoms with Gasteiger partial charge in [-0.3, -0.25) is 9.59 Å². The van der Waals surface area contributed by atoms with Gasteiger partial charge in [0.05, 0.1) is 17.8 Å². The van der Waals surface area contributed by atoms with Crippen LogP contribution in [0.5, 0.6) is 0 Å². The summed E-state index contributed by atoms with van der Waals surface area (Å²) in [6.45, 7) is 8.89. The molecule has 1 aromatic rings. The Balaban J connectivity index is 1.78. The van der Waals surface area contributed by atoms with Gasteiger partial charge < -0.3 is 25.2 Å². The largest absolute Gasteiger partial charge is 0.384 e. The van der Waals surface area contributed by atoms with Gasteiger partial charge >= 0.3 is 0 Å². The second kappa shape index (κ2) is 8.06. The molecule has 0 aliphatic carbocycles. The average molecular weight is 399 g/mol. The summed E-state index contributed by atoms with van der Waals surface area (Å²) in [6.07, 6.45) is 1.68. The number of benzene rings is 1. The summed E-state index contributed by atoms with van der Waals surface area (Å²) in [5, 5.41) is 6.83. The van der Waals surface area contributed by atoms with E-state index in [4.69, 9.17) is 4.74 Å². The maximum absolute atomic E-state index is 13.6. The minimum absolute atomic E-state index is 0.0292. The van der Waals surface area contributed by atoms with Gasteiger partial charge in [-0.05, 0) is 44.9 Å². The lowest BCUT2D eigenvalue weighted by atomic mass is 10.0. The highest BCUT2D eigenvalue weighted by Gasteiger charge is 2.40. The van der Waals surface area contributed by atoms with Crippen LogP contribution in [0.4, 0.5) is 11.4 Å². The third-order valence-electron chi connectivity index (χ3n) is 5.79. The van der Waals surface area contributed by atoms with Crippen LogP contribution in [0, 0.1) is 0 Å². The fourth-order valence-electron chi connectivity index (χ4n) is 4.42. The van der Waals surface area contributed by atoms with E-state index in [0.717, 1.165) is 35.5 Å². The number of hydrogen-bond acceptors (Lipinski definition) is 5. The lowest BCUT2D eigenvalue weighted by Gasteiger charge is -2.32. The summed E-state index contributed by atoms with van der Waals surface area (Å²) in [5.74, 6) is 0.0632. The van der Waals surface area contributed by atoms with Crippen LogP contribution < -0.4 is 15.5 Å². The Bertz CT molecular complexity index is 842. The quantitative estimate of drug-likeness (QED) is 0.764. The molecular weight excluding hydrogens is 368 g/mol. The van der Waals surface area contributed by atoms with Crippen molar-refractivity contribution in [3.8, 4) is 0 Å². The Hall–Kier alpha value is -2.54. The molecule has 2 N–H and O–H groups in total. The predicted octanol–water partition coefficient (Wildman–Crippen LogP) is 2.20. The molecule has 2 fully saturated rings. The number of piperazine rings is 1. The lowest BCUT2D eigenvalue weighted by Crippen LogP contribution is -2.46. The molecule has 29 heavy (non-hydrogen) atoms. The molecule has 0 atom stereocenters. The van der Waals surface area contributed by atoms with E-state index in [9.17, 15) is 9.59 Å². The third kappa shape index (κ3) is 3.83. The van der Waals surface area contributed by atoms with Gasteiger partial charge in [-0.15, -0.1) is 0 Å². The molecule has 7 heteroatoms. The van der Waals surface area contributed by atoms with Crippen LogP contribution >= 0.6 is 0 Å². The monoisotopic (exact) mass is 398 g/mol. The van der Waals surface area contributed by atoms with E-state index >= 15 is 0 Å². The SMILES string of the molecule is CC(=O)N1CCN/C(=C2\C(=O)N(C3CCOCC3)c3ccc(NC(C)C)cc32)C1. The van der Waals surface area contributed by atoms with Crippen molar-refractivity contribution in [2.75, 3.05) is 43.1 Å². The number of hydrogen-bond donors (Lipinski definition) is 2. The zero-order valence-corrected chi connectivity index (χ0v) is 17.5. The molecule has 7 nitrogen and oxygen atoms in total. The Labute approximate surface area is 172 Å². The molecule has 3 aliphatic heterocycles. The number of anilines is 2. The summed E-state index contributed by atoms with van der Waals surface area (Å²) in [6, 6.07) is 6.61. The van der Waals surface area contributed by atoms with Gasteiger partial charge in [0, 0.05) is 62.3 Å². The molecule has 1 aromatic carbocycles.